The normalized spacial score (nSPS) is 22.9. The highest BCUT2D eigenvalue weighted by Crippen LogP contribution is 2.42. The fourth-order valence-corrected chi connectivity index (χ4v) is 4.69. The van der Waals surface area contributed by atoms with Crippen molar-refractivity contribution in [2.45, 2.75) is 42.8 Å². The quantitative estimate of drug-likeness (QED) is 0.841. The highest BCUT2D eigenvalue weighted by atomic mass is 32.2. The van der Waals surface area contributed by atoms with Crippen LogP contribution in [0.15, 0.2) is 23.1 Å². The maximum absolute atomic E-state index is 12.3. The Balaban J connectivity index is 2.75. The Morgan fingerprint density at radius 3 is 2.40 bits per heavy atom. The molecule has 0 spiro atoms. The van der Waals surface area contributed by atoms with Crippen molar-refractivity contribution in [2.75, 3.05) is 0 Å². The van der Waals surface area contributed by atoms with Crippen LogP contribution in [-0.4, -0.2) is 30.5 Å². The summed E-state index contributed by atoms with van der Waals surface area (Å²) in [6, 6.07) is 4.34. The Morgan fingerprint density at radius 1 is 1.30 bits per heavy atom. The summed E-state index contributed by atoms with van der Waals surface area (Å²) in [7, 11) is -3.91. The molecule has 1 heterocycles. The van der Waals surface area contributed by atoms with Gasteiger partial charge in [0.05, 0.1) is 4.90 Å². The molecule has 108 valence electrons. The molecule has 1 N–H and O–H groups in total. The van der Waals surface area contributed by atoms with Crippen molar-refractivity contribution in [3.8, 4) is 0 Å². The van der Waals surface area contributed by atoms with Crippen LogP contribution in [0.1, 0.15) is 43.1 Å². The summed E-state index contributed by atoms with van der Waals surface area (Å²) in [5.41, 5.74) is 0.332. The predicted octanol–water partition coefficient (Wildman–Crippen LogP) is 1.80. The number of hydrogen-bond donors (Lipinski definition) is 1. The highest BCUT2D eigenvalue weighted by molar-refractivity contribution is 7.93. The molecule has 2 rings (SSSR count). The molecule has 0 aliphatic carbocycles. The van der Waals surface area contributed by atoms with E-state index in [9.17, 15) is 18.0 Å². The molecule has 6 heteroatoms. The van der Waals surface area contributed by atoms with Gasteiger partial charge in [0.25, 0.3) is 0 Å². The van der Waals surface area contributed by atoms with Crippen molar-refractivity contribution < 1.29 is 23.1 Å². The summed E-state index contributed by atoms with van der Waals surface area (Å²) < 4.78 is 24.7. The van der Waals surface area contributed by atoms with Crippen LogP contribution in [0.4, 0.5) is 0 Å². The molecule has 1 aliphatic heterocycles. The van der Waals surface area contributed by atoms with Gasteiger partial charge in [-0.3, -0.25) is 9.59 Å². The van der Waals surface area contributed by atoms with Gasteiger partial charge < -0.3 is 5.11 Å². The first-order chi connectivity index (χ1) is 9.07. The van der Waals surface area contributed by atoms with E-state index in [-0.39, 0.29) is 17.1 Å². The van der Waals surface area contributed by atoms with Crippen molar-refractivity contribution in [3.63, 3.8) is 0 Å². The number of hydrogen-bond acceptors (Lipinski definition) is 4. The Kier molecular flexibility index (Phi) is 3.25. The summed E-state index contributed by atoms with van der Waals surface area (Å²) in [5, 5.41) is 7.70. The van der Waals surface area contributed by atoms with Gasteiger partial charge in [-0.25, -0.2) is 8.42 Å². The summed E-state index contributed by atoms with van der Waals surface area (Å²) in [5.74, 6) is -1.49. The number of ketones is 1. The van der Waals surface area contributed by atoms with E-state index in [0.717, 1.165) is 0 Å². The number of benzene rings is 1. The summed E-state index contributed by atoms with van der Waals surface area (Å²) in [4.78, 5) is 22.7. The number of carboxylic acid groups (broad SMARTS) is 1. The first-order valence-corrected chi connectivity index (χ1v) is 7.74. The number of carbonyl (C=O) groups excluding carboxylic acids is 1. The van der Waals surface area contributed by atoms with Crippen LogP contribution in [-0.2, 0) is 20.0 Å². The molecule has 1 atom stereocenters. The number of carbonyl (C=O) groups is 2. The van der Waals surface area contributed by atoms with E-state index in [0.29, 0.717) is 11.1 Å². The van der Waals surface area contributed by atoms with Crippen LogP contribution in [0.3, 0.4) is 0 Å². The molecule has 1 aromatic rings. The molecule has 0 radical (unpaired) electrons. The second kappa shape index (κ2) is 4.41. The smallest absolute Gasteiger partial charge is 0.322 e. The average Bonchev–Trinajstić information content (AvgIpc) is 2.33. The number of carboxylic acids is 1. The number of Topliss-reactive ketones (excluding diaryl/α,β-unsaturated/α-hetero) is 1. The van der Waals surface area contributed by atoms with E-state index in [1.165, 1.54) is 19.1 Å². The van der Waals surface area contributed by atoms with Crippen LogP contribution in [0.25, 0.3) is 0 Å². The fourth-order valence-electron chi connectivity index (χ4n) is 2.58. The third-order valence-corrected chi connectivity index (χ3v) is 5.85. The number of fused-ring (bicyclic) bond motifs is 1. The van der Waals surface area contributed by atoms with E-state index < -0.39 is 26.5 Å². The van der Waals surface area contributed by atoms with Crippen LogP contribution < -0.4 is 0 Å². The number of sulfone groups is 1. The van der Waals surface area contributed by atoms with Gasteiger partial charge in [0, 0.05) is 5.56 Å². The van der Waals surface area contributed by atoms with E-state index in [1.54, 1.807) is 19.9 Å². The maximum atomic E-state index is 12.3. The minimum absolute atomic E-state index is 0.000967. The third-order valence-electron chi connectivity index (χ3n) is 3.77. The molecular formula is C14H16O5S. The van der Waals surface area contributed by atoms with Gasteiger partial charge in [0.15, 0.2) is 20.9 Å². The summed E-state index contributed by atoms with van der Waals surface area (Å²) in [6.45, 7) is 4.99. The summed E-state index contributed by atoms with van der Waals surface area (Å²) >= 11 is 0. The maximum Gasteiger partial charge on any atom is 0.322 e. The zero-order chi connectivity index (χ0) is 15.3. The molecule has 5 nitrogen and oxygen atoms in total. The minimum atomic E-state index is -3.91. The molecule has 1 unspecified atom stereocenters. The van der Waals surface area contributed by atoms with Crippen molar-refractivity contribution in [1.29, 1.82) is 0 Å². The van der Waals surface area contributed by atoms with Crippen LogP contribution in [0.2, 0.25) is 0 Å². The van der Waals surface area contributed by atoms with Crippen LogP contribution >= 0.6 is 0 Å². The first-order valence-electron chi connectivity index (χ1n) is 6.19. The average molecular weight is 296 g/mol. The van der Waals surface area contributed by atoms with Gasteiger partial charge in [0.1, 0.15) is 0 Å². The van der Waals surface area contributed by atoms with Crippen LogP contribution in [0, 0.1) is 0 Å². The molecule has 0 fully saturated rings. The van der Waals surface area contributed by atoms with Crippen molar-refractivity contribution in [1.82, 2.24) is 0 Å². The van der Waals surface area contributed by atoms with Gasteiger partial charge in [-0.15, -0.1) is 0 Å². The van der Waals surface area contributed by atoms with Gasteiger partial charge in [-0.2, -0.15) is 0 Å². The highest BCUT2D eigenvalue weighted by Gasteiger charge is 2.46. The molecule has 0 aromatic heterocycles. The van der Waals surface area contributed by atoms with Gasteiger partial charge in [0.2, 0.25) is 0 Å². The lowest BCUT2D eigenvalue weighted by Gasteiger charge is -2.35. The van der Waals surface area contributed by atoms with Crippen molar-refractivity contribution in [2.24, 2.45) is 0 Å². The van der Waals surface area contributed by atoms with Crippen molar-refractivity contribution >= 4 is 21.6 Å². The Hall–Kier alpha value is -1.69. The zero-order valence-electron chi connectivity index (χ0n) is 11.5. The van der Waals surface area contributed by atoms with E-state index in [1.807, 2.05) is 0 Å². The SMILES string of the molecule is CC(=O)c1ccc2c(c1)C(C)(C)CC(C(=O)O)S2(=O)=O. The number of rotatable bonds is 2. The van der Waals surface area contributed by atoms with E-state index in [2.05, 4.69) is 0 Å². The Morgan fingerprint density at radius 2 is 1.90 bits per heavy atom. The molecule has 0 saturated carbocycles. The van der Waals surface area contributed by atoms with Gasteiger partial charge >= 0.3 is 5.97 Å². The molecular weight excluding hydrogens is 280 g/mol. The van der Waals surface area contributed by atoms with E-state index in [4.69, 9.17) is 5.11 Å². The molecule has 0 bridgehead atoms. The van der Waals surface area contributed by atoms with Gasteiger partial charge in [-0.1, -0.05) is 19.9 Å². The lowest BCUT2D eigenvalue weighted by molar-refractivity contribution is -0.137. The minimum Gasteiger partial charge on any atom is -0.480 e. The van der Waals surface area contributed by atoms with Crippen molar-refractivity contribution in [3.05, 3.63) is 29.3 Å². The molecule has 0 saturated heterocycles. The number of aliphatic carboxylic acids is 1. The predicted molar refractivity (Wildman–Crippen MR) is 72.7 cm³/mol. The second-order valence-corrected chi connectivity index (χ2v) is 7.83. The monoisotopic (exact) mass is 296 g/mol. The molecule has 20 heavy (non-hydrogen) atoms. The lowest BCUT2D eigenvalue weighted by atomic mass is 9.79. The third kappa shape index (κ3) is 2.14. The molecule has 0 amide bonds. The molecule has 1 aliphatic rings. The second-order valence-electron chi connectivity index (χ2n) is 5.73. The first kappa shape index (κ1) is 14.7. The topological polar surface area (TPSA) is 88.5 Å². The molecule has 1 aromatic carbocycles. The zero-order valence-corrected chi connectivity index (χ0v) is 12.3. The fraction of sp³-hybridized carbons (Fsp3) is 0.429. The Labute approximate surface area is 117 Å². The largest absolute Gasteiger partial charge is 0.480 e. The standard InChI is InChI=1S/C14H16O5S/c1-8(15)9-4-5-11-10(6-9)14(2,3)7-12(13(16)17)20(11,18)19/h4-6,12H,7H2,1-3H3,(H,16,17). The lowest BCUT2D eigenvalue weighted by Crippen LogP contribution is -2.42. The Bertz CT molecular complexity index is 700. The summed E-state index contributed by atoms with van der Waals surface area (Å²) in [6.07, 6.45) is -0.000967. The van der Waals surface area contributed by atoms with Gasteiger partial charge in [-0.05, 0) is 36.5 Å². The van der Waals surface area contributed by atoms with Crippen LogP contribution in [0.5, 0.6) is 0 Å². The van der Waals surface area contributed by atoms with E-state index >= 15 is 0 Å².